The summed E-state index contributed by atoms with van der Waals surface area (Å²) in [6.07, 6.45) is 0.0155. The number of hydrogen-bond acceptors (Lipinski definition) is 5. The Morgan fingerprint density at radius 2 is 1.97 bits per heavy atom. The van der Waals surface area contributed by atoms with Gasteiger partial charge < -0.3 is 4.90 Å². The number of rotatable bonds is 3. The molecular weight excluding hydrogens is 429 g/mol. The van der Waals surface area contributed by atoms with Crippen LogP contribution in [0.4, 0.5) is 19.0 Å². The van der Waals surface area contributed by atoms with Gasteiger partial charge in [0.05, 0.1) is 11.6 Å². The summed E-state index contributed by atoms with van der Waals surface area (Å²) in [6, 6.07) is 10.3. The van der Waals surface area contributed by atoms with Crippen LogP contribution in [0.15, 0.2) is 36.7 Å². The van der Waals surface area contributed by atoms with E-state index in [1.807, 2.05) is 40.7 Å². The Morgan fingerprint density at radius 1 is 1.15 bits per heavy atom. The number of hydrogen-bond donors (Lipinski definition) is 0. The molecule has 1 aliphatic heterocycles. The minimum atomic E-state index is -4.64. The van der Waals surface area contributed by atoms with Crippen LogP contribution in [-0.4, -0.2) is 26.3 Å². The zero-order chi connectivity index (χ0) is 23.3. The van der Waals surface area contributed by atoms with E-state index in [0.717, 1.165) is 36.6 Å². The molecule has 3 heterocycles. The number of aryl methyl sites for hydroxylation is 2. The number of benzene rings is 1. The van der Waals surface area contributed by atoms with Gasteiger partial charge in [-0.2, -0.15) is 18.4 Å². The zero-order valence-electron chi connectivity index (χ0n) is 18.3. The first-order valence-electron chi connectivity index (χ1n) is 11.0. The number of halogens is 3. The topological polar surface area (TPSA) is 70.6 Å². The Morgan fingerprint density at radius 3 is 2.70 bits per heavy atom. The molecule has 0 radical (unpaired) electrons. The van der Waals surface area contributed by atoms with Crippen LogP contribution in [0.25, 0.3) is 5.69 Å². The van der Waals surface area contributed by atoms with Crippen molar-refractivity contribution < 1.29 is 13.2 Å². The van der Waals surface area contributed by atoms with E-state index in [-0.39, 0.29) is 23.5 Å². The Balaban J connectivity index is 1.67. The molecular formula is C24H23F3N6. The number of aromatic nitrogens is 4. The molecule has 0 bridgehead atoms. The minimum absolute atomic E-state index is 0.0861. The number of anilines is 1. The summed E-state index contributed by atoms with van der Waals surface area (Å²) in [6.45, 7) is 4.07. The Labute approximate surface area is 189 Å². The molecule has 2 aromatic heterocycles. The van der Waals surface area contributed by atoms with Crippen LogP contribution in [0.3, 0.4) is 0 Å². The second kappa shape index (κ2) is 7.87. The van der Waals surface area contributed by atoms with Crippen molar-refractivity contribution in [3.8, 4) is 11.8 Å². The van der Waals surface area contributed by atoms with Gasteiger partial charge in [-0.15, -0.1) is 10.2 Å². The number of nitrogens with zero attached hydrogens (tertiary/aromatic N) is 6. The van der Waals surface area contributed by atoms with Crippen LogP contribution in [0.1, 0.15) is 53.5 Å². The van der Waals surface area contributed by atoms with Crippen LogP contribution in [0.2, 0.25) is 0 Å². The summed E-state index contributed by atoms with van der Waals surface area (Å²) in [7, 11) is 0. The normalized spacial score (nSPS) is 22.4. The molecule has 0 N–H and O–H groups in total. The summed E-state index contributed by atoms with van der Waals surface area (Å²) >= 11 is 0. The van der Waals surface area contributed by atoms with Crippen LogP contribution in [0.5, 0.6) is 0 Å². The summed E-state index contributed by atoms with van der Waals surface area (Å²) in [4.78, 5) is 6.32. The van der Waals surface area contributed by atoms with Gasteiger partial charge in [0.25, 0.3) is 0 Å². The molecule has 170 valence electrons. The average molecular weight is 452 g/mol. The summed E-state index contributed by atoms with van der Waals surface area (Å²) in [5, 5.41) is 18.3. The molecule has 1 saturated heterocycles. The minimum Gasteiger partial charge on any atom is -0.345 e. The first kappa shape index (κ1) is 21.4. The predicted molar refractivity (Wildman–Crippen MR) is 116 cm³/mol. The maximum Gasteiger partial charge on any atom is 0.417 e. The highest BCUT2D eigenvalue weighted by molar-refractivity contribution is 5.61. The van der Waals surface area contributed by atoms with Crippen molar-refractivity contribution in [3.63, 3.8) is 0 Å². The lowest BCUT2D eigenvalue weighted by molar-refractivity contribution is -0.137. The van der Waals surface area contributed by atoms with E-state index in [9.17, 15) is 18.4 Å². The number of nitriles is 1. The SMILES string of the molecule is Cc1cccc(-n2cnnc2C2C3CCCC3CN2c2nc(C)cc(C(F)(F)F)c2C#N)c1. The molecule has 5 rings (SSSR count). The van der Waals surface area contributed by atoms with Gasteiger partial charge in [-0.05, 0) is 62.3 Å². The van der Waals surface area contributed by atoms with Gasteiger partial charge >= 0.3 is 6.18 Å². The van der Waals surface area contributed by atoms with Gasteiger partial charge in [-0.1, -0.05) is 18.6 Å². The van der Waals surface area contributed by atoms with Gasteiger partial charge in [-0.3, -0.25) is 4.57 Å². The van der Waals surface area contributed by atoms with Crippen molar-refractivity contribution in [2.24, 2.45) is 11.8 Å². The second-order valence-electron chi connectivity index (χ2n) is 8.97. The highest BCUT2D eigenvalue weighted by Gasteiger charge is 2.49. The molecule has 3 unspecified atom stereocenters. The molecule has 0 amide bonds. The van der Waals surface area contributed by atoms with Crippen LogP contribution in [-0.2, 0) is 6.18 Å². The lowest BCUT2D eigenvalue weighted by Crippen LogP contribution is -2.30. The zero-order valence-corrected chi connectivity index (χ0v) is 18.3. The number of alkyl halides is 3. The molecule has 9 heteroatoms. The first-order valence-corrected chi connectivity index (χ1v) is 11.0. The maximum absolute atomic E-state index is 13.8. The molecule has 3 aromatic rings. The third kappa shape index (κ3) is 3.63. The third-order valence-electron chi connectivity index (χ3n) is 6.83. The van der Waals surface area contributed by atoms with Crippen molar-refractivity contribution in [2.45, 2.75) is 45.3 Å². The van der Waals surface area contributed by atoms with Crippen molar-refractivity contribution in [1.82, 2.24) is 19.7 Å². The molecule has 2 aliphatic rings. The fourth-order valence-electron chi connectivity index (χ4n) is 5.47. The molecule has 1 aliphatic carbocycles. The quantitative estimate of drug-likeness (QED) is 0.550. The van der Waals surface area contributed by atoms with Crippen molar-refractivity contribution in [1.29, 1.82) is 5.26 Å². The van der Waals surface area contributed by atoms with E-state index in [2.05, 4.69) is 15.2 Å². The lowest BCUT2D eigenvalue weighted by atomic mass is 9.93. The molecule has 0 spiro atoms. The average Bonchev–Trinajstić information content (AvgIpc) is 3.48. The van der Waals surface area contributed by atoms with E-state index >= 15 is 0 Å². The smallest absolute Gasteiger partial charge is 0.345 e. The van der Waals surface area contributed by atoms with Gasteiger partial charge in [0.1, 0.15) is 23.8 Å². The number of fused-ring (bicyclic) bond motifs is 1. The van der Waals surface area contributed by atoms with Crippen molar-refractivity contribution >= 4 is 5.82 Å². The Bertz CT molecular complexity index is 1240. The molecule has 33 heavy (non-hydrogen) atoms. The molecule has 2 fully saturated rings. The van der Waals surface area contributed by atoms with E-state index in [4.69, 9.17) is 0 Å². The number of pyridine rings is 1. The fourth-order valence-corrected chi connectivity index (χ4v) is 5.47. The lowest BCUT2D eigenvalue weighted by Gasteiger charge is -2.30. The molecule has 1 saturated carbocycles. The van der Waals surface area contributed by atoms with Crippen molar-refractivity contribution in [3.05, 3.63) is 64.9 Å². The summed E-state index contributed by atoms with van der Waals surface area (Å²) in [5.41, 5.74) is 0.830. The highest BCUT2D eigenvalue weighted by atomic mass is 19.4. The van der Waals surface area contributed by atoms with Crippen LogP contribution in [0, 0.1) is 37.0 Å². The Hall–Kier alpha value is -3.41. The van der Waals surface area contributed by atoms with E-state index in [0.29, 0.717) is 18.3 Å². The van der Waals surface area contributed by atoms with Crippen LogP contribution >= 0.6 is 0 Å². The molecule has 1 aromatic carbocycles. The van der Waals surface area contributed by atoms with Crippen LogP contribution < -0.4 is 4.90 Å². The largest absolute Gasteiger partial charge is 0.417 e. The van der Waals surface area contributed by atoms with Crippen molar-refractivity contribution in [2.75, 3.05) is 11.4 Å². The standard InChI is InChI=1S/C24H23F3N6/c1-14-5-3-7-17(9-14)33-13-29-31-23(33)21-18-8-4-6-16(18)12-32(21)22-19(11-28)20(24(25,26)27)10-15(2)30-22/h3,5,7,9-10,13,16,18,21H,4,6,8,12H2,1-2H3. The second-order valence-corrected chi connectivity index (χ2v) is 8.97. The highest BCUT2D eigenvalue weighted by Crippen LogP contribution is 2.51. The summed E-state index contributed by atoms with van der Waals surface area (Å²) < 4.78 is 43.2. The fraction of sp³-hybridized carbons (Fsp3) is 0.417. The third-order valence-corrected chi connectivity index (χ3v) is 6.83. The summed E-state index contributed by atoms with van der Waals surface area (Å²) in [5.74, 6) is 1.26. The van der Waals surface area contributed by atoms with Gasteiger partial charge in [0.15, 0.2) is 5.82 Å². The first-order chi connectivity index (χ1) is 15.8. The predicted octanol–water partition coefficient (Wildman–Crippen LogP) is 5.15. The Kier molecular flexibility index (Phi) is 5.11. The van der Waals surface area contributed by atoms with E-state index < -0.39 is 17.3 Å². The van der Waals surface area contributed by atoms with E-state index in [1.165, 1.54) is 6.92 Å². The van der Waals surface area contributed by atoms with Gasteiger partial charge in [-0.25, -0.2) is 4.98 Å². The maximum atomic E-state index is 13.8. The van der Waals surface area contributed by atoms with Gasteiger partial charge in [0.2, 0.25) is 0 Å². The molecule has 3 atom stereocenters. The molecule has 6 nitrogen and oxygen atoms in total. The monoisotopic (exact) mass is 452 g/mol. The van der Waals surface area contributed by atoms with E-state index in [1.54, 1.807) is 12.4 Å². The van der Waals surface area contributed by atoms with Gasteiger partial charge in [0, 0.05) is 17.9 Å².